The predicted octanol–water partition coefficient (Wildman–Crippen LogP) is 2.85. The molecule has 0 unspecified atom stereocenters. The van der Waals surface area contributed by atoms with E-state index in [0.717, 1.165) is 23.7 Å². The average Bonchev–Trinajstić information content (AvgIpc) is 2.73. The first kappa shape index (κ1) is 14.1. The summed E-state index contributed by atoms with van der Waals surface area (Å²) in [5, 5.41) is -0.571. The van der Waals surface area contributed by atoms with Gasteiger partial charge in [-0.05, 0) is 30.0 Å². The van der Waals surface area contributed by atoms with Crippen molar-refractivity contribution < 1.29 is 14.4 Å². The minimum Gasteiger partial charge on any atom is -0.288 e. The number of carbonyl (C=O) groups excluding carboxylic acids is 3. The first-order chi connectivity index (χ1) is 9.08. The van der Waals surface area contributed by atoms with Gasteiger partial charge in [0.15, 0.2) is 5.78 Å². The van der Waals surface area contributed by atoms with Crippen LogP contribution in [0, 0.1) is 0 Å². The topological polar surface area (TPSA) is 51.2 Å². The fourth-order valence-corrected chi connectivity index (χ4v) is 3.35. The fraction of sp³-hybridized carbons (Fsp3) is 0.214. The van der Waals surface area contributed by atoms with Gasteiger partial charge in [0.25, 0.3) is 5.12 Å². The highest BCUT2D eigenvalue weighted by atomic mass is 32.2. The molecule has 19 heavy (non-hydrogen) atoms. The second-order valence-corrected chi connectivity index (χ2v) is 6.02. The van der Waals surface area contributed by atoms with E-state index in [1.165, 1.54) is 11.8 Å². The molecule has 1 aromatic rings. The Kier molecular flexibility index (Phi) is 4.27. The zero-order chi connectivity index (χ0) is 14.0. The molecule has 0 amide bonds. The number of rotatable bonds is 4. The number of carbonyl (C=O) groups is 3. The number of allylic oxidation sites excluding steroid dienone is 1. The van der Waals surface area contributed by atoms with Crippen LogP contribution in [-0.4, -0.2) is 22.9 Å². The number of thioether (sulfide) groups is 2. The Morgan fingerprint density at radius 1 is 1.21 bits per heavy atom. The van der Waals surface area contributed by atoms with Crippen LogP contribution in [0.4, 0.5) is 0 Å². The van der Waals surface area contributed by atoms with Gasteiger partial charge in [-0.1, -0.05) is 31.2 Å². The summed E-state index contributed by atoms with van der Waals surface area (Å²) in [6, 6.07) is 7.13. The number of hydrogen-bond acceptors (Lipinski definition) is 5. The standard InChI is InChI=1S/C14H12O3S2/c1-3-8-4-6-9(7-5-8)11(15)10-12(16)13(17)19-14(10)18-2/h4-7H,3H2,1-2H3. The molecule has 1 heterocycles. The molecular formula is C14H12O3S2. The molecular weight excluding hydrogens is 280 g/mol. The lowest BCUT2D eigenvalue weighted by Gasteiger charge is -2.03. The maximum Gasteiger partial charge on any atom is 0.265 e. The van der Waals surface area contributed by atoms with Crippen LogP contribution in [0.2, 0.25) is 0 Å². The first-order valence-corrected chi connectivity index (χ1v) is 7.81. The number of benzene rings is 1. The molecule has 3 nitrogen and oxygen atoms in total. The lowest BCUT2D eigenvalue weighted by atomic mass is 10.0. The molecule has 0 aliphatic carbocycles. The molecule has 98 valence electrons. The van der Waals surface area contributed by atoms with Crippen LogP contribution in [0.25, 0.3) is 0 Å². The molecule has 1 aliphatic rings. The smallest absolute Gasteiger partial charge is 0.265 e. The third kappa shape index (κ3) is 2.67. The van der Waals surface area contributed by atoms with Gasteiger partial charge in [0.05, 0.1) is 9.81 Å². The summed E-state index contributed by atoms with van der Waals surface area (Å²) in [4.78, 5) is 35.5. The lowest BCUT2D eigenvalue weighted by molar-refractivity contribution is -0.128. The molecule has 0 saturated heterocycles. The van der Waals surface area contributed by atoms with Crippen molar-refractivity contribution in [2.24, 2.45) is 0 Å². The molecule has 0 radical (unpaired) electrons. The highest BCUT2D eigenvalue weighted by Gasteiger charge is 2.36. The Bertz CT molecular complexity index is 585. The lowest BCUT2D eigenvalue weighted by Crippen LogP contribution is -2.15. The quantitative estimate of drug-likeness (QED) is 0.485. The Morgan fingerprint density at radius 3 is 2.37 bits per heavy atom. The van der Waals surface area contributed by atoms with Gasteiger partial charge in [0, 0.05) is 5.56 Å². The second-order valence-electron chi connectivity index (χ2n) is 3.96. The average molecular weight is 292 g/mol. The van der Waals surface area contributed by atoms with E-state index in [9.17, 15) is 14.4 Å². The SMILES string of the molecule is CCc1ccc(C(=O)C2=C(SC)SC(=O)C2=O)cc1. The van der Waals surface area contributed by atoms with Gasteiger partial charge < -0.3 is 0 Å². The summed E-state index contributed by atoms with van der Waals surface area (Å²) >= 11 is 2.10. The Labute approximate surface area is 119 Å². The van der Waals surface area contributed by atoms with E-state index in [2.05, 4.69) is 0 Å². The molecule has 0 N–H and O–H groups in total. The molecule has 0 fully saturated rings. The third-order valence-electron chi connectivity index (χ3n) is 2.84. The maximum atomic E-state index is 12.3. The van der Waals surface area contributed by atoms with Crippen LogP contribution >= 0.6 is 23.5 Å². The monoisotopic (exact) mass is 292 g/mol. The normalized spacial score (nSPS) is 15.3. The Balaban J connectivity index is 2.37. The minimum atomic E-state index is -0.682. The molecule has 0 saturated carbocycles. The number of aryl methyl sites for hydroxylation is 1. The van der Waals surface area contributed by atoms with Gasteiger partial charge >= 0.3 is 0 Å². The van der Waals surface area contributed by atoms with Crippen LogP contribution in [0.15, 0.2) is 34.1 Å². The van der Waals surface area contributed by atoms with Gasteiger partial charge in [0.2, 0.25) is 5.78 Å². The zero-order valence-corrected chi connectivity index (χ0v) is 12.2. The summed E-state index contributed by atoms with van der Waals surface area (Å²) in [5.74, 6) is -1.05. The minimum absolute atomic E-state index is 0.0201. The van der Waals surface area contributed by atoms with Gasteiger partial charge in [-0.15, -0.1) is 11.8 Å². The van der Waals surface area contributed by atoms with Crippen LogP contribution in [-0.2, 0) is 16.0 Å². The molecule has 1 aliphatic heterocycles. The van der Waals surface area contributed by atoms with Crippen LogP contribution < -0.4 is 0 Å². The number of ketones is 2. The molecule has 5 heteroatoms. The summed E-state index contributed by atoms with van der Waals surface area (Å²) in [6.45, 7) is 2.03. The van der Waals surface area contributed by atoms with Gasteiger partial charge in [-0.3, -0.25) is 14.4 Å². The summed E-state index contributed by atoms with van der Waals surface area (Å²) < 4.78 is 0.500. The van der Waals surface area contributed by atoms with Crippen molar-refractivity contribution in [1.82, 2.24) is 0 Å². The molecule has 0 aromatic heterocycles. The zero-order valence-electron chi connectivity index (χ0n) is 10.6. The van der Waals surface area contributed by atoms with Crippen molar-refractivity contribution in [2.45, 2.75) is 13.3 Å². The van der Waals surface area contributed by atoms with E-state index in [1.807, 2.05) is 19.1 Å². The Hall–Kier alpha value is -1.33. The number of Topliss-reactive ketones (excluding diaryl/α,β-unsaturated/α-hetero) is 2. The van der Waals surface area contributed by atoms with Crippen molar-refractivity contribution in [1.29, 1.82) is 0 Å². The maximum absolute atomic E-state index is 12.3. The third-order valence-corrected chi connectivity index (χ3v) is 4.92. The van der Waals surface area contributed by atoms with E-state index in [1.54, 1.807) is 18.4 Å². The second kappa shape index (κ2) is 5.75. The van der Waals surface area contributed by atoms with Crippen molar-refractivity contribution >= 4 is 40.2 Å². The van der Waals surface area contributed by atoms with Crippen molar-refractivity contribution in [3.63, 3.8) is 0 Å². The summed E-state index contributed by atoms with van der Waals surface area (Å²) in [5.41, 5.74) is 1.59. The molecule has 2 rings (SSSR count). The van der Waals surface area contributed by atoms with Crippen molar-refractivity contribution in [3.8, 4) is 0 Å². The Morgan fingerprint density at radius 2 is 1.84 bits per heavy atom. The molecule has 0 spiro atoms. The molecule has 0 atom stereocenters. The highest BCUT2D eigenvalue weighted by Crippen LogP contribution is 2.38. The summed E-state index contributed by atoms with van der Waals surface area (Å²) in [6.07, 6.45) is 2.64. The molecule has 0 bridgehead atoms. The van der Waals surface area contributed by atoms with E-state index < -0.39 is 10.9 Å². The predicted molar refractivity (Wildman–Crippen MR) is 78.3 cm³/mol. The van der Waals surface area contributed by atoms with E-state index in [-0.39, 0.29) is 11.4 Å². The van der Waals surface area contributed by atoms with Gasteiger partial charge in [-0.25, -0.2) is 0 Å². The van der Waals surface area contributed by atoms with E-state index in [0.29, 0.717) is 9.80 Å². The van der Waals surface area contributed by atoms with Crippen LogP contribution in [0.3, 0.4) is 0 Å². The van der Waals surface area contributed by atoms with Crippen LogP contribution in [0.5, 0.6) is 0 Å². The number of hydrogen-bond donors (Lipinski definition) is 0. The van der Waals surface area contributed by atoms with Gasteiger partial charge in [0.1, 0.15) is 0 Å². The first-order valence-electron chi connectivity index (χ1n) is 5.77. The largest absolute Gasteiger partial charge is 0.288 e. The molecule has 1 aromatic carbocycles. The van der Waals surface area contributed by atoms with Crippen LogP contribution in [0.1, 0.15) is 22.8 Å². The van der Waals surface area contributed by atoms with Gasteiger partial charge in [-0.2, -0.15) is 0 Å². The summed E-state index contributed by atoms with van der Waals surface area (Å²) in [7, 11) is 0. The fourth-order valence-electron chi connectivity index (χ4n) is 1.75. The van der Waals surface area contributed by atoms with Crippen molar-refractivity contribution in [3.05, 3.63) is 45.2 Å². The van der Waals surface area contributed by atoms with E-state index in [4.69, 9.17) is 0 Å². The highest BCUT2D eigenvalue weighted by molar-refractivity contribution is 8.31. The van der Waals surface area contributed by atoms with Crippen molar-refractivity contribution in [2.75, 3.05) is 6.26 Å². The van der Waals surface area contributed by atoms with E-state index >= 15 is 0 Å².